The number of thiazole rings is 1. The highest BCUT2D eigenvalue weighted by molar-refractivity contribution is 7.97. The molecule has 0 unspecified atom stereocenters. The third kappa shape index (κ3) is 5.22. The molecule has 0 radical (unpaired) electrons. The molecule has 8 heteroatoms. The molecule has 2 aromatic carbocycles. The highest BCUT2D eigenvalue weighted by Crippen LogP contribution is 2.28. The predicted octanol–water partition coefficient (Wildman–Crippen LogP) is 4.54. The quantitative estimate of drug-likeness (QED) is 0.345. The van der Waals surface area contributed by atoms with Crippen molar-refractivity contribution in [3.63, 3.8) is 0 Å². The normalized spacial score (nSPS) is 11.3. The van der Waals surface area contributed by atoms with Gasteiger partial charge >= 0.3 is 0 Å². The number of hydrogen-bond donors (Lipinski definition) is 2. The van der Waals surface area contributed by atoms with Gasteiger partial charge in [0.2, 0.25) is 5.13 Å². The minimum Gasteiger partial charge on any atom is -0.504 e. The van der Waals surface area contributed by atoms with Crippen molar-refractivity contribution in [1.82, 2.24) is 9.29 Å². The molecule has 1 heterocycles. The van der Waals surface area contributed by atoms with Crippen molar-refractivity contribution in [3.05, 3.63) is 53.4 Å². The lowest BCUT2D eigenvalue weighted by Gasteiger charge is -2.08. The number of nitrogens with zero attached hydrogens (tertiary/aromatic N) is 3. The number of phenolic OH excluding ortho intramolecular Hbond substituents is 1. The first-order chi connectivity index (χ1) is 13.0. The van der Waals surface area contributed by atoms with Gasteiger partial charge in [0.05, 0.1) is 19.0 Å². The Hall–Kier alpha value is -2.55. The number of rotatable bonds is 7. The molecule has 27 heavy (non-hydrogen) atoms. The van der Waals surface area contributed by atoms with Crippen molar-refractivity contribution >= 4 is 34.6 Å². The van der Waals surface area contributed by atoms with Gasteiger partial charge in [0, 0.05) is 15.8 Å². The molecule has 0 amide bonds. The lowest BCUT2D eigenvalue weighted by atomic mass is 10.2. The molecule has 0 aliphatic carbocycles. The molecular weight excluding hydrogens is 380 g/mol. The zero-order chi connectivity index (χ0) is 19.2. The smallest absolute Gasteiger partial charge is 0.203 e. The van der Waals surface area contributed by atoms with E-state index in [1.54, 1.807) is 36.4 Å². The summed E-state index contributed by atoms with van der Waals surface area (Å²) in [6, 6.07) is 13.3. The summed E-state index contributed by atoms with van der Waals surface area (Å²) in [5.41, 5.74) is 5.72. The van der Waals surface area contributed by atoms with Gasteiger partial charge in [-0.1, -0.05) is 12.1 Å². The average Bonchev–Trinajstić information content (AvgIpc) is 3.12. The number of phenols is 1. The Morgan fingerprint density at radius 1 is 1.22 bits per heavy atom. The van der Waals surface area contributed by atoms with Gasteiger partial charge < -0.3 is 9.84 Å². The molecule has 2 N–H and O–H groups in total. The van der Waals surface area contributed by atoms with Gasteiger partial charge in [-0.3, -0.25) is 9.73 Å². The van der Waals surface area contributed by atoms with Crippen LogP contribution >= 0.6 is 23.3 Å². The van der Waals surface area contributed by atoms with Crippen LogP contribution in [0.5, 0.6) is 11.5 Å². The van der Waals surface area contributed by atoms with Gasteiger partial charge in [-0.25, -0.2) is 4.98 Å². The zero-order valence-corrected chi connectivity index (χ0v) is 16.8. The number of hydrogen-bond acceptors (Lipinski definition) is 8. The number of aromatic hydroxyl groups is 1. The van der Waals surface area contributed by atoms with Crippen LogP contribution in [0, 0.1) is 0 Å². The molecular formula is C19H20N4O2S2. The maximum Gasteiger partial charge on any atom is 0.203 e. The summed E-state index contributed by atoms with van der Waals surface area (Å²) >= 11 is 3.17. The molecule has 0 aliphatic rings. The number of aromatic nitrogens is 1. The molecule has 0 atom stereocenters. The number of benzene rings is 2. The molecule has 3 rings (SSSR count). The summed E-state index contributed by atoms with van der Waals surface area (Å²) < 4.78 is 7.14. The van der Waals surface area contributed by atoms with E-state index in [0.29, 0.717) is 10.9 Å². The first-order valence-corrected chi connectivity index (χ1v) is 9.78. The van der Waals surface area contributed by atoms with Gasteiger partial charge in [-0.15, -0.1) is 11.3 Å². The maximum absolute atomic E-state index is 9.61. The van der Waals surface area contributed by atoms with Gasteiger partial charge in [0.15, 0.2) is 11.5 Å². The second kappa shape index (κ2) is 8.90. The average molecular weight is 401 g/mol. The number of anilines is 1. The molecule has 6 nitrogen and oxygen atoms in total. The molecule has 3 aromatic rings. The Kier molecular flexibility index (Phi) is 6.33. The van der Waals surface area contributed by atoms with Crippen molar-refractivity contribution in [1.29, 1.82) is 0 Å². The number of hydrazone groups is 1. The van der Waals surface area contributed by atoms with E-state index in [0.717, 1.165) is 16.8 Å². The SMILES string of the molecule is COc1cc(/C=N/Nc2nc(-c3ccc(SN(C)C)cc3)cs2)ccc1O. The fraction of sp³-hybridized carbons (Fsp3) is 0.158. The third-order valence-corrected chi connectivity index (χ3v) is 5.11. The number of ether oxygens (including phenoxy) is 1. The lowest BCUT2D eigenvalue weighted by molar-refractivity contribution is 0.373. The van der Waals surface area contributed by atoms with E-state index in [-0.39, 0.29) is 5.75 Å². The van der Waals surface area contributed by atoms with Crippen LogP contribution in [0.25, 0.3) is 11.3 Å². The molecule has 0 fully saturated rings. The topological polar surface area (TPSA) is 70.0 Å². The standard InChI is InChI=1S/C19H20N4O2S2/c1-23(2)27-15-7-5-14(6-8-15)16-12-26-19(21-16)22-20-11-13-4-9-17(24)18(10-13)25-3/h4-12,24H,1-3H3,(H,21,22)/b20-11+. The van der Waals surface area contributed by atoms with Crippen molar-refractivity contribution in [2.24, 2.45) is 5.10 Å². The van der Waals surface area contributed by atoms with Crippen LogP contribution in [-0.4, -0.2) is 41.8 Å². The van der Waals surface area contributed by atoms with E-state index < -0.39 is 0 Å². The van der Waals surface area contributed by atoms with Crippen molar-refractivity contribution in [2.45, 2.75) is 4.90 Å². The second-order valence-electron chi connectivity index (χ2n) is 5.77. The first kappa shape index (κ1) is 19.2. The lowest BCUT2D eigenvalue weighted by Crippen LogP contribution is -1.98. The highest BCUT2D eigenvalue weighted by Gasteiger charge is 2.05. The van der Waals surface area contributed by atoms with E-state index in [1.165, 1.54) is 23.3 Å². The van der Waals surface area contributed by atoms with Gasteiger partial charge in [-0.05, 0) is 61.9 Å². The second-order valence-corrected chi connectivity index (χ2v) is 8.01. The van der Waals surface area contributed by atoms with Crippen LogP contribution in [0.2, 0.25) is 0 Å². The van der Waals surface area contributed by atoms with Crippen LogP contribution in [-0.2, 0) is 0 Å². The zero-order valence-electron chi connectivity index (χ0n) is 15.2. The van der Waals surface area contributed by atoms with E-state index >= 15 is 0 Å². The molecule has 0 aliphatic heterocycles. The summed E-state index contributed by atoms with van der Waals surface area (Å²) in [6.45, 7) is 0. The highest BCUT2D eigenvalue weighted by atomic mass is 32.2. The molecule has 140 valence electrons. The summed E-state index contributed by atoms with van der Waals surface area (Å²) in [7, 11) is 5.55. The summed E-state index contributed by atoms with van der Waals surface area (Å²) in [6.07, 6.45) is 1.65. The fourth-order valence-electron chi connectivity index (χ4n) is 2.29. The third-order valence-electron chi connectivity index (χ3n) is 3.52. The predicted molar refractivity (Wildman–Crippen MR) is 113 cm³/mol. The molecule has 0 saturated heterocycles. The van der Waals surface area contributed by atoms with Crippen LogP contribution in [0.15, 0.2) is 57.8 Å². The van der Waals surface area contributed by atoms with E-state index in [2.05, 4.69) is 44.1 Å². The monoisotopic (exact) mass is 400 g/mol. The Balaban J connectivity index is 1.64. The van der Waals surface area contributed by atoms with Crippen LogP contribution in [0.1, 0.15) is 5.56 Å². The first-order valence-electron chi connectivity index (χ1n) is 8.12. The maximum atomic E-state index is 9.61. The summed E-state index contributed by atoms with van der Waals surface area (Å²) in [5, 5.41) is 16.5. The summed E-state index contributed by atoms with van der Waals surface area (Å²) in [4.78, 5) is 5.75. The molecule has 0 bridgehead atoms. The largest absolute Gasteiger partial charge is 0.504 e. The van der Waals surface area contributed by atoms with Gasteiger partial charge in [0.1, 0.15) is 0 Å². The fourth-order valence-corrected chi connectivity index (χ4v) is 3.64. The minimum atomic E-state index is 0.0992. The van der Waals surface area contributed by atoms with E-state index in [4.69, 9.17) is 4.74 Å². The number of methoxy groups -OCH3 is 1. The van der Waals surface area contributed by atoms with Crippen molar-refractivity contribution < 1.29 is 9.84 Å². The Labute approximate surface area is 166 Å². The van der Waals surface area contributed by atoms with Crippen LogP contribution < -0.4 is 10.2 Å². The van der Waals surface area contributed by atoms with Gasteiger partial charge in [-0.2, -0.15) is 5.10 Å². The molecule has 0 saturated carbocycles. The minimum absolute atomic E-state index is 0.0992. The molecule has 1 aromatic heterocycles. The Bertz CT molecular complexity index is 924. The van der Waals surface area contributed by atoms with Crippen LogP contribution in [0.3, 0.4) is 0 Å². The van der Waals surface area contributed by atoms with Crippen molar-refractivity contribution in [2.75, 3.05) is 26.6 Å². The van der Waals surface area contributed by atoms with Gasteiger partial charge in [0.25, 0.3) is 0 Å². The van der Waals surface area contributed by atoms with E-state index in [1.807, 2.05) is 19.5 Å². The number of nitrogens with one attached hydrogen (secondary N) is 1. The summed E-state index contributed by atoms with van der Waals surface area (Å²) in [5.74, 6) is 0.508. The van der Waals surface area contributed by atoms with Crippen LogP contribution in [0.4, 0.5) is 5.13 Å². The Morgan fingerprint density at radius 2 is 2.00 bits per heavy atom. The molecule has 0 spiro atoms. The Morgan fingerprint density at radius 3 is 2.70 bits per heavy atom. The van der Waals surface area contributed by atoms with Crippen molar-refractivity contribution in [3.8, 4) is 22.8 Å². The van der Waals surface area contributed by atoms with E-state index in [9.17, 15) is 5.11 Å².